The maximum atomic E-state index is 13.3. The Morgan fingerprint density at radius 3 is 2.66 bits per heavy atom. The molecule has 1 unspecified atom stereocenters. The lowest BCUT2D eigenvalue weighted by atomic mass is 10.1. The van der Waals surface area contributed by atoms with Crippen LogP contribution >= 0.6 is 0 Å². The van der Waals surface area contributed by atoms with Crippen molar-refractivity contribution in [2.75, 3.05) is 37.3 Å². The number of nitrogens with zero attached hydrogens (tertiary/aromatic N) is 5. The molecule has 1 amide bonds. The quantitative estimate of drug-likeness (QED) is 0.119. The molecular formula is C25H32N10O3. The SMILES string of the molecule is CNC(CCCCN)C(=O)Nc1ccc(C(=O)Cn2c(-c3nonc3NCCN)nc3ccccc32)cn1. The molecule has 200 valence electrons. The molecule has 3 aromatic heterocycles. The van der Waals surface area contributed by atoms with Crippen LogP contribution < -0.4 is 27.4 Å². The van der Waals surface area contributed by atoms with Crippen molar-refractivity contribution < 1.29 is 14.2 Å². The molecular weight excluding hydrogens is 488 g/mol. The molecule has 4 rings (SSSR count). The first-order valence-electron chi connectivity index (χ1n) is 12.4. The summed E-state index contributed by atoms with van der Waals surface area (Å²) in [5.41, 5.74) is 13.4. The number of nitrogens with one attached hydrogen (secondary N) is 3. The van der Waals surface area contributed by atoms with Crippen molar-refractivity contribution in [2.24, 2.45) is 11.5 Å². The second-order valence-electron chi connectivity index (χ2n) is 8.66. The third-order valence-electron chi connectivity index (χ3n) is 6.04. The van der Waals surface area contributed by atoms with Crippen LogP contribution in [0, 0.1) is 0 Å². The van der Waals surface area contributed by atoms with E-state index in [1.165, 1.54) is 6.20 Å². The highest BCUT2D eigenvalue weighted by Gasteiger charge is 2.22. The van der Waals surface area contributed by atoms with Gasteiger partial charge < -0.3 is 32.0 Å². The average molecular weight is 521 g/mol. The molecule has 0 saturated heterocycles. The minimum atomic E-state index is -0.354. The fourth-order valence-corrected chi connectivity index (χ4v) is 4.04. The second-order valence-corrected chi connectivity index (χ2v) is 8.66. The van der Waals surface area contributed by atoms with Crippen molar-refractivity contribution in [3.8, 4) is 11.5 Å². The molecule has 0 aliphatic rings. The monoisotopic (exact) mass is 520 g/mol. The second kappa shape index (κ2) is 12.9. The summed E-state index contributed by atoms with van der Waals surface area (Å²) in [6.07, 6.45) is 3.82. The lowest BCUT2D eigenvalue weighted by molar-refractivity contribution is -0.118. The summed E-state index contributed by atoms with van der Waals surface area (Å²) in [4.78, 5) is 34.8. The van der Waals surface area contributed by atoms with E-state index in [4.69, 9.17) is 16.1 Å². The fraction of sp³-hybridized carbons (Fsp3) is 0.360. The van der Waals surface area contributed by atoms with Gasteiger partial charge in [-0.05, 0) is 61.0 Å². The number of pyridine rings is 1. The zero-order valence-corrected chi connectivity index (χ0v) is 21.2. The number of unbranched alkanes of at least 4 members (excludes halogenated alkanes) is 1. The third-order valence-corrected chi connectivity index (χ3v) is 6.04. The summed E-state index contributed by atoms with van der Waals surface area (Å²) < 4.78 is 6.70. The van der Waals surface area contributed by atoms with Crippen molar-refractivity contribution in [2.45, 2.75) is 31.8 Å². The predicted octanol–water partition coefficient (Wildman–Crippen LogP) is 1.39. The van der Waals surface area contributed by atoms with Crippen molar-refractivity contribution >= 4 is 34.4 Å². The Labute approximate surface area is 219 Å². The van der Waals surface area contributed by atoms with Gasteiger partial charge in [0.2, 0.25) is 11.7 Å². The maximum absolute atomic E-state index is 13.3. The highest BCUT2D eigenvalue weighted by atomic mass is 16.6. The lowest BCUT2D eigenvalue weighted by Gasteiger charge is -2.15. The molecule has 0 saturated carbocycles. The smallest absolute Gasteiger partial charge is 0.242 e. The largest absolute Gasteiger partial charge is 0.364 e. The molecule has 0 bridgehead atoms. The number of likely N-dealkylation sites (N-methyl/N-ethyl adjacent to an activating group) is 1. The zero-order chi connectivity index (χ0) is 26.9. The topological polar surface area (TPSA) is 192 Å². The van der Waals surface area contributed by atoms with Gasteiger partial charge in [-0.15, -0.1) is 0 Å². The summed E-state index contributed by atoms with van der Waals surface area (Å²) >= 11 is 0. The molecule has 3 heterocycles. The van der Waals surface area contributed by atoms with Crippen molar-refractivity contribution in [1.29, 1.82) is 0 Å². The highest BCUT2D eigenvalue weighted by molar-refractivity contribution is 5.98. The van der Waals surface area contributed by atoms with E-state index in [2.05, 4.69) is 36.2 Å². The number of fused-ring (bicyclic) bond motifs is 1. The number of carbonyl (C=O) groups excluding carboxylic acids is 2. The van der Waals surface area contributed by atoms with Crippen molar-refractivity contribution in [3.63, 3.8) is 0 Å². The summed E-state index contributed by atoms with van der Waals surface area (Å²) in [6, 6.07) is 10.4. The maximum Gasteiger partial charge on any atom is 0.242 e. The number of rotatable bonds is 14. The number of anilines is 2. The minimum absolute atomic E-state index is 0.0185. The van der Waals surface area contributed by atoms with E-state index in [1.807, 2.05) is 24.3 Å². The van der Waals surface area contributed by atoms with Gasteiger partial charge in [-0.1, -0.05) is 18.6 Å². The van der Waals surface area contributed by atoms with Crippen molar-refractivity contribution in [3.05, 3.63) is 48.2 Å². The number of aromatic nitrogens is 5. The molecule has 0 aliphatic heterocycles. The lowest BCUT2D eigenvalue weighted by Crippen LogP contribution is -2.38. The van der Waals surface area contributed by atoms with Gasteiger partial charge in [-0.2, -0.15) is 0 Å². The Morgan fingerprint density at radius 1 is 1.08 bits per heavy atom. The average Bonchev–Trinajstić information content (AvgIpc) is 3.54. The Hall–Kier alpha value is -4.20. The Morgan fingerprint density at radius 2 is 1.92 bits per heavy atom. The van der Waals surface area contributed by atoms with Crippen molar-refractivity contribution in [1.82, 2.24) is 30.2 Å². The van der Waals surface area contributed by atoms with E-state index in [9.17, 15) is 9.59 Å². The molecule has 13 heteroatoms. The number of carbonyl (C=O) groups is 2. The number of para-hydroxylation sites is 2. The van der Waals surface area contributed by atoms with Gasteiger partial charge in [0.05, 0.1) is 23.6 Å². The zero-order valence-electron chi connectivity index (χ0n) is 21.2. The van der Waals surface area contributed by atoms with Gasteiger partial charge in [0.1, 0.15) is 5.82 Å². The van der Waals surface area contributed by atoms with Crippen LogP contribution in [0.3, 0.4) is 0 Å². The standard InChI is InChI=1S/C25H32N10O3/c1-28-18(7-4-5-11-26)25(37)32-21-10-9-16(14-30-21)20(36)15-35-19-8-3-2-6-17(19)31-24(35)22-23(29-13-12-27)34-38-33-22/h2-3,6,8-10,14,18,28H,4-5,7,11-13,15,26-27H2,1H3,(H,29,34)(H,30,32,37). The first-order chi connectivity index (χ1) is 18.5. The number of amides is 1. The minimum Gasteiger partial charge on any atom is -0.364 e. The van der Waals surface area contributed by atoms with Crippen LogP contribution in [0.1, 0.15) is 29.6 Å². The van der Waals surface area contributed by atoms with Crippen LogP contribution in [0.15, 0.2) is 47.2 Å². The van der Waals surface area contributed by atoms with Gasteiger partial charge >= 0.3 is 0 Å². The molecule has 0 radical (unpaired) electrons. The summed E-state index contributed by atoms with van der Waals surface area (Å²) in [5, 5.41) is 16.8. The number of benzene rings is 1. The first-order valence-corrected chi connectivity index (χ1v) is 12.4. The highest BCUT2D eigenvalue weighted by Crippen LogP contribution is 2.28. The Kier molecular flexibility index (Phi) is 9.08. The van der Waals surface area contributed by atoms with Crippen LogP contribution in [0.25, 0.3) is 22.6 Å². The summed E-state index contributed by atoms with van der Waals surface area (Å²) in [6.45, 7) is 1.44. The molecule has 1 atom stereocenters. The predicted molar refractivity (Wildman–Crippen MR) is 144 cm³/mol. The number of Topliss-reactive ketones (excluding diaryl/α,β-unsaturated/α-hetero) is 1. The van der Waals surface area contributed by atoms with E-state index >= 15 is 0 Å². The molecule has 13 nitrogen and oxygen atoms in total. The van der Waals surface area contributed by atoms with Gasteiger partial charge in [-0.25, -0.2) is 14.6 Å². The van der Waals surface area contributed by atoms with E-state index < -0.39 is 0 Å². The van der Waals surface area contributed by atoms with Crippen LogP contribution in [0.5, 0.6) is 0 Å². The van der Waals surface area contributed by atoms with Crippen LogP contribution in [0.2, 0.25) is 0 Å². The number of hydrogen-bond acceptors (Lipinski definition) is 11. The van der Waals surface area contributed by atoms with E-state index in [1.54, 1.807) is 23.7 Å². The molecule has 0 fully saturated rings. The fourth-order valence-electron chi connectivity index (χ4n) is 4.04. The van der Waals surface area contributed by atoms with E-state index in [0.717, 1.165) is 18.4 Å². The van der Waals surface area contributed by atoms with Gasteiger partial charge in [0.25, 0.3) is 0 Å². The molecule has 0 spiro atoms. The molecule has 4 aromatic rings. The summed E-state index contributed by atoms with van der Waals surface area (Å²) in [5.74, 6) is 0.811. The molecule has 7 N–H and O–H groups in total. The number of nitrogens with two attached hydrogens (primary N) is 2. The third kappa shape index (κ3) is 6.19. The summed E-state index contributed by atoms with van der Waals surface area (Å²) in [7, 11) is 1.74. The van der Waals surface area contributed by atoms with Crippen LogP contribution in [-0.4, -0.2) is 69.3 Å². The molecule has 38 heavy (non-hydrogen) atoms. The first kappa shape index (κ1) is 26.9. The number of hydrogen-bond donors (Lipinski definition) is 5. The normalized spacial score (nSPS) is 12.0. The van der Waals surface area contributed by atoms with Gasteiger partial charge in [0, 0.05) is 24.8 Å². The van der Waals surface area contributed by atoms with E-state index in [0.29, 0.717) is 60.3 Å². The van der Waals surface area contributed by atoms with Crippen LogP contribution in [-0.2, 0) is 11.3 Å². The Balaban J connectivity index is 1.51. The molecule has 0 aliphatic carbocycles. The number of imidazole rings is 1. The number of ketones is 1. The van der Waals surface area contributed by atoms with Gasteiger partial charge in [0.15, 0.2) is 17.3 Å². The molecule has 1 aromatic carbocycles. The van der Waals surface area contributed by atoms with E-state index in [-0.39, 0.29) is 24.3 Å². The van der Waals surface area contributed by atoms with Crippen LogP contribution in [0.4, 0.5) is 11.6 Å². The van der Waals surface area contributed by atoms with Gasteiger partial charge in [-0.3, -0.25) is 9.59 Å². The Bertz CT molecular complexity index is 1370.